The van der Waals surface area contributed by atoms with Gasteiger partial charge in [-0.3, -0.25) is 9.69 Å². The van der Waals surface area contributed by atoms with Crippen molar-refractivity contribution in [2.75, 3.05) is 6.54 Å². The van der Waals surface area contributed by atoms with E-state index >= 15 is 0 Å². The summed E-state index contributed by atoms with van der Waals surface area (Å²) < 4.78 is 5.06. The fraction of sp³-hybridized carbons (Fsp3) is 0.778. The number of likely N-dealkylation sites (tertiary alicyclic amines) is 1. The maximum Gasteiger partial charge on any atom is 0.410 e. The Balaban J connectivity index is 2.42. The standard InChI is InChI=1S/C9H16N2O3/c1-3-6(2)14-9(13)11-5-4-7(11)8(10)12/h6-7H,3-5H2,1-2H3,(H2,10,12). The fourth-order valence-electron chi connectivity index (χ4n) is 1.22. The minimum atomic E-state index is -0.466. The molecule has 1 aliphatic rings. The number of nitrogens with zero attached hydrogens (tertiary/aromatic N) is 1. The highest BCUT2D eigenvalue weighted by atomic mass is 16.6. The summed E-state index contributed by atoms with van der Waals surface area (Å²) in [5, 5.41) is 0. The van der Waals surface area contributed by atoms with E-state index in [0.29, 0.717) is 13.0 Å². The van der Waals surface area contributed by atoms with Crippen LogP contribution in [0.15, 0.2) is 0 Å². The summed E-state index contributed by atoms with van der Waals surface area (Å²) in [5.74, 6) is -0.461. The lowest BCUT2D eigenvalue weighted by molar-refractivity contribution is -0.126. The number of nitrogens with two attached hydrogens (primary N) is 1. The molecule has 0 aromatic carbocycles. The zero-order valence-corrected chi connectivity index (χ0v) is 8.53. The number of rotatable bonds is 3. The molecular weight excluding hydrogens is 184 g/mol. The molecule has 5 nitrogen and oxygen atoms in total. The summed E-state index contributed by atoms with van der Waals surface area (Å²) in [6.45, 7) is 4.31. The number of hydrogen-bond donors (Lipinski definition) is 1. The zero-order valence-electron chi connectivity index (χ0n) is 8.53. The molecule has 2 N–H and O–H groups in total. The minimum Gasteiger partial charge on any atom is -0.446 e. The van der Waals surface area contributed by atoms with E-state index < -0.39 is 18.0 Å². The highest BCUT2D eigenvalue weighted by molar-refractivity contribution is 5.85. The van der Waals surface area contributed by atoms with Crippen molar-refractivity contribution in [1.82, 2.24) is 4.90 Å². The van der Waals surface area contributed by atoms with Crippen molar-refractivity contribution in [2.24, 2.45) is 5.73 Å². The second-order valence-corrected chi connectivity index (χ2v) is 3.50. The molecule has 14 heavy (non-hydrogen) atoms. The van der Waals surface area contributed by atoms with Gasteiger partial charge < -0.3 is 10.5 Å². The van der Waals surface area contributed by atoms with Crippen LogP contribution in [0.5, 0.6) is 0 Å². The van der Waals surface area contributed by atoms with E-state index in [1.165, 1.54) is 4.90 Å². The predicted octanol–water partition coefficient (Wildman–Crippen LogP) is 0.481. The van der Waals surface area contributed by atoms with Crippen molar-refractivity contribution in [1.29, 1.82) is 0 Å². The second kappa shape index (κ2) is 4.30. The lowest BCUT2D eigenvalue weighted by Crippen LogP contribution is -2.57. The van der Waals surface area contributed by atoms with Crippen molar-refractivity contribution in [3.05, 3.63) is 0 Å². The molecule has 1 saturated heterocycles. The van der Waals surface area contributed by atoms with E-state index in [-0.39, 0.29) is 6.10 Å². The monoisotopic (exact) mass is 200 g/mol. The van der Waals surface area contributed by atoms with Crippen molar-refractivity contribution in [3.63, 3.8) is 0 Å². The average molecular weight is 200 g/mol. The number of carbonyl (C=O) groups excluding carboxylic acids is 2. The Labute approximate surface area is 83.2 Å². The molecule has 80 valence electrons. The molecule has 0 saturated carbocycles. The number of ether oxygens (including phenoxy) is 1. The summed E-state index contributed by atoms with van der Waals surface area (Å²) in [7, 11) is 0. The normalized spacial score (nSPS) is 22.4. The number of primary amides is 1. The Hall–Kier alpha value is -1.26. The van der Waals surface area contributed by atoms with Crippen LogP contribution < -0.4 is 5.73 Å². The highest BCUT2D eigenvalue weighted by Gasteiger charge is 2.37. The van der Waals surface area contributed by atoms with Gasteiger partial charge in [0.15, 0.2) is 0 Å². The maximum atomic E-state index is 11.4. The Morgan fingerprint density at radius 2 is 2.29 bits per heavy atom. The second-order valence-electron chi connectivity index (χ2n) is 3.50. The van der Waals surface area contributed by atoms with Gasteiger partial charge in [0.25, 0.3) is 0 Å². The zero-order chi connectivity index (χ0) is 10.7. The van der Waals surface area contributed by atoms with E-state index in [9.17, 15) is 9.59 Å². The molecule has 1 rings (SSSR count). The highest BCUT2D eigenvalue weighted by Crippen LogP contribution is 2.18. The van der Waals surface area contributed by atoms with Gasteiger partial charge in [0.05, 0.1) is 0 Å². The smallest absolute Gasteiger partial charge is 0.410 e. The molecule has 1 fully saturated rings. The van der Waals surface area contributed by atoms with Crippen LogP contribution in [0.3, 0.4) is 0 Å². The predicted molar refractivity (Wildman–Crippen MR) is 50.5 cm³/mol. The lowest BCUT2D eigenvalue weighted by atomic mass is 10.0. The van der Waals surface area contributed by atoms with Crippen LogP contribution in [0.2, 0.25) is 0 Å². The summed E-state index contributed by atoms with van der Waals surface area (Å²) >= 11 is 0. The first-order valence-electron chi connectivity index (χ1n) is 4.82. The van der Waals surface area contributed by atoms with Gasteiger partial charge in [0.1, 0.15) is 12.1 Å². The molecule has 2 atom stereocenters. The largest absolute Gasteiger partial charge is 0.446 e. The van der Waals surface area contributed by atoms with Crippen molar-refractivity contribution in [2.45, 2.75) is 38.8 Å². The third-order valence-electron chi connectivity index (χ3n) is 2.46. The molecule has 0 spiro atoms. The van der Waals surface area contributed by atoms with Crippen LogP contribution >= 0.6 is 0 Å². The molecule has 0 aromatic heterocycles. The van der Waals surface area contributed by atoms with Crippen LogP contribution in [0.4, 0.5) is 4.79 Å². The maximum absolute atomic E-state index is 11.4. The van der Waals surface area contributed by atoms with Gasteiger partial charge in [0, 0.05) is 6.54 Å². The van der Waals surface area contributed by atoms with Crippen LogP contribution in [0.25, 0.3) is 0 Å². The third kappa shape index (κ3) is 2.16. The third-order valence-corrected chi connectivity index (χ3v) is 2.46. The Morgan fingerprint density at radius 1 is 1.64 bits per heavy atom. The minimum absolute atomic E-state index is 0.114. The van der Waals surface area contributed by atoms with Gasteiger partial charge >= 0.3 is 6.09 Å². The van der Waals surface area contributed by atoms with Crippen LogP contribution in [-0.2, 0) is 9.53 Å². The Bertz CT molecular complexity index is 242. The molecule has 0 aromatic rings. The Kier molecular flexibility index (Phi) is 3.33. The van der Waals surface area contributed by atoms with Gasteiger partial charge in [-0.1, -0.05) is 6.92 Å². The average Bonchev–Trinajstić information content (AvgIpc) is 2.00. The van der Waals surface area contributed by atoms with Gasteiger partial charge in [-0.25, -0.2) is 4.79 Å². The quantitative estimate of drug-likeness (QED) is 0.720. The first-order valence-corrected chi connectivity index (χ1v) is 4.82. The number of hydrogen-bond acceptors (Lipinski definition) is 3. The molecule has 0 radical (unpaired) electrons. The molecule has 0 bridgehead atoms. The van der Waals surface area contributed by atoms with E-state index in [4.69, 9.17) is 10.5 Å². The first kappa shape index (κ1) is 10.8. The number of amides is 2. The van der Waals surface area contributed by atoms with E-state index in [0.717, 1.165) is 6.42 Å². The van der Waals surface area contributed by atoms with Crippen molar-refractivity contribution in [3.8, 4) is 0 Å². The molecular formula is C9H16N2O3. The SMILES string of the molecule is CCC(C)OC(=O)N1CCC1C(N)=O. The van der Waals surface area contributed by atoms with E-state index in [1.54, 1.807) is 0 Å². The van der Waals surface area contributed by atoms with Gasteiger partial charge in [-0.05, 0) is 19.8 Å². The molecule has 2 unspecified atom stereocenters. The summed E-state index contributed by atoms with van der Waals surface area (Å²) in [5.41, 5.74) is 5.10. The van der Waals surface area contributed by atoms with Crippen LogP contribution in [0, 0.1) is 0 Å². The first-order chi connectivity index (χ1) is 6.56. The summed E-state index contributed by atoms with van der Waals surface area (Å²) in [6.07, 6.45) is 0.859. The van der Waals surface area contributed by atoms with Crippen molar-refractivity contribution >= 4 is 12.0 Å². The molecule has 1 heterocycles. The van der Waals surface area contributed by atoms with E-state index in [2.05, 4.69) is 0 Å². The number of carbonyl (C=O) groups is 2. The molecule has 1 aliphatic heterocycles. The molecule has 2 amide bonds. The van der Waals surface area contributed by atoms with E-state index in [1.807, 2.05) is 13.8 Å². The van der Waals surface area contributed by atoms with Crippen LogP contribution in [0.1, 0.15) is 26.7 Å². The van der Waals surface area contributed by atoms with Gasteiger partial charge in [0.2, 0.25) is 5.91 Å². The fourth-order valence-corrected chi connectivity index (χ4v) is 1.22. The van der Waals surface area contributed by atoms with Crippen molar-refractivity contribution < 1.29 is 14.3 Å². The summed E-state index contributed by atoms with van der Waals surface area (Å²) in [4.78, 5) is 23.6. The van der Waals surface area contributed by atoms with Gasteiger partial charge in [-0.15, -0.1) is 0 Å². The molecule has 0 aliphatic carbocycles. The lowest BCUT2D eigenvalue weighted by Gasteiger charge is -2.38. The topological polar surface area (TPSA) is 72.6 Å². The Morgan fingerprint density at radius 3 is 2.64 bits per heavy atom. The molecule has 5 heteroatoms. The van der Waals surface area contributed by atoms with Gasteiger partial charge in [-0.2, -0.15) is 0 Å². The summed E-state index contributed by atoms with van der Waals surface area (Å²) in [6, 6.07) is -0.466. The van der Waals surface area contributed by atoms with Crippen LogP contribution in [-0.4, -0.2) is 35.6 Å².